The SMILES string of the molecule is CC(C)(C)NCC(OCC1CCCO1)c1ccc(F)cc1. The van der Waals surface area contributed by atoms with Gasteiger partial charge in [0.15, 0.2) is 0 Å². The van der Waals surface area contributed by atoms with Gasteiger partial charge in [-0.3, -0.25) is 0 Å². The first-order valence-corrected chi connectivity index (χ1v) is 7.68. The molecule has 2 unspecified atom stereocenters. The zero-order valence-corrected chi connectivity index (χ0v) is 13.2. The number of benzene rings is 1. The number of halogens is 1. The minimum absolute atomic E-state index is 0.0193. The molecule has 2 rings (SSSR count). The summed E-state index contributed by atoms with van der Waals surface area (Å²) < 4.78 is 24.7. The topological polar surface area (TPSA) is 30.5 Å². The summed E-state index contributed by atoms with van der Waals surface area (Å²) in [6, 6.07) is 6.55. The van der Waals surface area contributed by atoms with Crippen molar-refractivity contribution in [1.82, 2.24) is 5.32 Å². The van der Waals surface area contributed by atoms with Crippen LogP contribution in [0.3, 0.4) is 0 Å². The van der Waals surface area contributed by atoms with Gasteiger partial charge >= 0.3 is 0 Å². The monoisotopic (exact) mass is 295 g/mol. The molecule has 0 amide bonds. The minimum atomic E-state index is -0.222. The molecule has 1 aliphatic heterocycles. The van der Waals surface area contributed by atoms with Gasteiger partial charge in [0.05, 0.1) is 18.8 Å². The molecule has 2 atom stereocenters. The van der Waals surface area contributed by atoms with Crippen molar-refractivity contribution in [2.24, 2.45) is 0 Å². The van der Waals surface area contributed by atoms with Crippen LogP contribution < -0.4 is 5.32 Å². The van der Waals surface area contributed by atoms with E-state index in [-0.39, 0.29) is 23.6 Å². The summed E-state index contributed by atoms with van der Waals surface area (Å²) in [5.41, 5.74) is 1.01. The third-order valence-corrected chi connectivity index (χ3v) is 3.57. The van der Waals surface area contributed by atoms with Crippen LogP contribution in [0.1, 0.15) is 45.3 Å². The van der Waals surface area contributed by atoms with Gasteiger partial charge in [0.25, 0.3) is 0 Å². The molecule has 1 aromatic rings. The highest BCUT2D eigenvalue weighted by Crippen LogP contribution is 2.21. The van der Waals surface area contributed by atoms with Crippen LogP contribution in [0.2, 0.25) is 0 Å². The lowest BCUT2D eigenvalue weighted by molar-refractivity contribution is -0.0226. The number of hydrogen-bond acceptors (Lipinski definition) is 3. The smallest absolute Gasteiger partial charge is 0.123 e. The van der Waals surface area contributed by atoms with E-state index in [0.29, 0.717) is 13.2 Å². The van der Waals surface area contributed by atoms with E-state index >= 15 is 0 Å². The fourth-order valence-electron chi connectivity index (χ4n) is 2.35. The molecule has 3 nitrogen and oxygen atoms in total. The van der Waals surface area contributed by atoms with Gasteiger partial charge in [-0.15, -0.1) is 0 Å². The third kappa shape index (κ3) is 5.73. The molecule has 0 aromatic heterocycles. The Kier molecular flexibility index (Phi) is 5.73. The van der Waals surface area contributed by atoms with Gasteiger partial charge in [0.2, 0.25) is 0 Å². The first-order chi connectivity index (χ1) is 9.94. The lowest BCUT2D eigenvalue weighted by Crippen LogP contribution is -2.39. The molecule has 118 valence electrons. The average molecular weight is 295 g/mol. The number of rotatable bonds is 6. The Morgan fingerprint density at radius 2 is 2.05 bits per heavy atom. The molecular formula is C17H26FNO2. The Balaban J connectivity index is 1.96. The van der Waals surface area contributed by atoms with Crippen molar-refractivity contribution in [3.05, 3.63) is 35.6 Å². The van der Waals surface area contributed by atoms with Crippen molar-refractivity contribution in [3.63, 3.8) is 0 Å². The molecule has 1 N–H and O–H groups in total. The van der Waals surface area contributed by atoms with E-state index in [9.17, 15) is 4.39 Å². The third-order valence-electron chi connectivity index (χ3n) is 3.57. The van der Waals surface area contributed by atoms with E-state index in [1.807, 2.05) is 0 Å². The summed E-state index contributed by atoms with van der Waals surface area (Å²) in [6.07, 6.45) is 2.27. The molecule has 1 aliphatic rings. The maximum absolute atomic E-state index is 13.1. The number of hydrogen-bond donors (Lipinski definition) is 1. The van der Waals surface area contributed by atoms with Crippen LogP contribution in [-0.4, -0.2) is 31.4 Å². The Hall–Kier alpha value is -0.970. The summed E-state index contributed by atoms with van der Waals surface area (Å²) >= 11 is 0. The highest BCUT2D eigenvalue weighted by Gasteiger charge is 2.21. The second kappa shape index (κ2) is 7.34. The lowest BCUT2D eigenvalue weighted by atomic mass is 10.1. The lowest BCUT2D eigenvalue weighted by Gasteiger charge is -2.26. The zero-order chi connectivity index (χ0) is 15.3. The van der Waals surface area contributed by atoms with Gasteiger partial charge in [-0.2, -0.15) is 0 Å². The summed E-state index contributed by atoms with van der Waals surface area (Å²) in [5.74, 6) is -0.222. The molecule has 21 heavy (non-hydrogen) atoms. The van der Waals surface area contributed by atoms with E-state index in [1.165, 1.54) is 12.1 Å². The Labute approximate surface area is 126 Å². The molecule has 0 saturated carbocycles. The van der Waals surface area contributed by atoms with E-state index < -0.39 is 0 Å². The molecule has 1 heterocycles. The molecule has 4 heteroatoms. The van der Waals surface area contributed by atoms with Crippen LogP contribution in [0.4, 0.5) is 4.39 Å². The van der Waals surface area contributed by atoms with Crippen LogP contribution in [0.15, 0.2) is 24.3 Å². The van der Waals surface area contributed by atoms with Gasteiger partial charge in [0, 0.05) is 18.7 Å². The predicted molar refractivity (Wildman–Crippen MR) is 81.8 cm³/mol. The fraction of sp³-hybridized carbons (Fsp3) is 0.647. The normalized spacial score (nSPS) is 20.7. The van der Waals surface area contributed by atoms with Crippen molar-refractivity contribution in [2.75, 3.05) is 19.8 Å². The van der Waals surface area contributed by atoms with Crippen molar-refractivity contribution < 1.29 is 13.9 Å². The molecule has 0 aliphatic carbocycles. The first kappa shape index (κ1) is 16.4. The number of ether oxygens (including phenoxy) is 2. The largest absolute Gasteiger partial charge is 0.376 e. The molecule has 0 radical (unpaired) electrons. The van der Waals surface area contributed by atoms with E-state index in [2.05, 4.69) is 26.1 Å². The van der Waals surface area contributed by atoms with Crippen molar-refractivity contribution in [3.8, 4) is 0 Å². The van der Waals surface area contributed by atoms with Gasteiger partial charge in [-0.25, -0.2) is 4.39 Å². The average Bonchev–Trinajstić information content (AvgIpc) is 2.92. The Bertz CT molecular complexity index is 421. The van der Waals surface area contributed by atoms with Gasteiger partial charge in [-0.05, 0) is 51.3 Å². The van der Waals surface area contributed by atoms with Crippen molar-refractivity contribution in [1.29, 1.82) is 0 Å². The van der Waals surface area contributed by atoms with E-state index in [1.54, 1.807) is 12.1 Å². The summed E-state index contributed by atoms with van der Waals surface area (Å²) in [4.78, 5) is 0. The van der Waals surface area contributed by atoms with E-state index in [0.717, 1.165) is 25.0 Å². The summed E-state index contributed by atoms with van der Waals surface area (Å²) in [7, 11) is 0. The van der Waals surface area contributed by atoms with Crippen LogP contribution in [0, 0.1) is 5.82 Å². The molecule has 1 saturated heterocycles. The fourth-order valence-corrected chi connectivity index (χ4v) is 2.35. The molecule has 1 aromatic carbocycles. The van der Waals surface area contributed by atoms with Crippen LogP contribution >= 0.6 is 0 Å². The van der Waals surface area contributed by atoms with Gasteiger partial charge < -0.3 is 14.8 Å². The van der Waals surface area contributed by atoms with Crippen molar-refractivity contribution >= 4 is 0 Å². The maximum atomic E-state index is 13.1. The molecular weight excluding hydrogens is 269 g/mol. The van der Waals surface area contributed by atoms with Crippen LogP contribution in [-0.2, 0) is 9.47 Å². The Morgan fingerprint density at radius 1 is 1.33 bits per heavy atom. The predicted octanol–water partition coefficient (Wildman–Crippen LogP) is 3.45. The summed E-state index contributed by atoms with van der Waals surface area (Å²) in [5, 5.41) is 3.45. The second-order valence-corrected chi connectivity index (χ2v) is 6.64. The number of nitrogens with one attached hydrogen (secondary N) is 1. The molecule has 1 fully saturated rings. The maximum Gasteiger partial charge on any atom is 0.123 e. The highest BCUT2D eigenvalue weighted by molar-refractivity contribution is 5.19. The second-order valence-electron chi connectivity index (χ2n) is 6.64. The first-order valence-electron chi connectivity index (χ1n) is 7.68. The highest BCUT2D eigenvalue weighted by atomic mass is 19.1. The minimum Gasteiger partial charge on any atom is -0.376 e. The van der Waals surface area contributed by atoms with Crippen LogP contribution in [0.5, 0.6) is 0 Å². The van der Waals surface area contributed by atoms with Gasteiger partial charge in [0.1, 0.15) is 5.82 Å². The molecule has 0 spiro atoms. The van der Waals surface area contributed by atoms with Crippen LogP contribution in [0.25, 0.3) is 0 Å². The van der Waals surface area contributed by atoms with E-state index in [4.69, 9.17) is 9.47 Å². The summed E-state index contributed by atoms with van der Waals surface area (Å²) in [6.45, 7) is 8.48. The standard InChI is InChI=1S/C17H26FNO2/c1-17(2,3)19-11-16(13-6-8-14(18)9-7-13)21-12-15-5-4-10-20-15/h6-9,15-16,19H,4-5,10-12H2,1-3H3. The quantitative estimate of drug-likeness (QED) is 0.872. The molecule has 0 bridgehead atoms. The van der Waals surface area contributed by atoms with Gasteiger partial charge in [-0.1, -0.05) is 12.1 Å². The Morgan fingerprint density at radius 3 is 2.62 bits per heavy atom. The van der Waals surface area contributed by atoms with Crippen molar-refractivity contribution in [2.45, 2.75) is 51.4 Å². The zero-order valence-electron chi connectivity index (χ0n) is 13.2.